The van der Waals surface area contributed by atoms with Gasteiger partial charge >= 0.3 is 6.09 Å². The third-order valence-electron chi connectivity index (χ3n) is 4.27. The summed E-state index contributed by atoms with van der Waals surface area (Å²) < 4.78 is 19.9. The van der Waals surface area contributed by atoms with Gasteiger partial charge in [0.2, 0.25) is 5.95 Å². The summed E-state index contributed by atoms with van der Waals surface area (Å²) in [6.45, 7) is 5.97. The van der Waals surface area contributed by atoms with E-state index in [1.54, 1.807) is 37.3 Å². The molecule has 3 rings (SSSR count). The molecular formula is C18H19FN2O3. The van der Waals surface area contributed by atoms with Crippen LogP contribution in [0.25, 0.3) is 11.1 Å². The van der Waals surface area contributed by atoms with Crippen molar-refractivity contribution in [1.29, 1.82) is 0 Å². The van der Waals surface area contributed by atoms with Gasteiger partial charge in [-0.1, -0.05) is 26.0 Å². The van der Waals surface area contributed by atoms with E-state index in [1.165, 1.54) is 0 Å². The molecule has 0 fully saturated rings. The third kappa shape index (κ3) is 2.91. The number of fused-ring (bicyclic) bond motifs is 1. The Morgan fingerprint density at radius 2 is 2.12 bits per heavy atom. The Hall–Kier alpha value is -2.63. The predicted molar refractivity (Wildman–Crippen MR) is 87.5 cm³/mol. The Labute approximate surface area is 139 Å². The first-order chi connectivity index (χ1) is 11.3. The van der Waals surface area contributed by atoms with E-state index in [1.807, 2.05) is 13.8 Å². The van der Waals surface area contributed by atoms with Gasteiger partial charge in [-0.3, -0.25) is 0 Å². The third-order valence-corrected chi connectivity index (χ3v) is 4.27. The number of halogens is 1. The van der Waals surface area contributed by atoms with E-state index in [0.717, 1.165) is 5.56 Å². The molecule has 126 valence electrons. The number of carbonyl (C=O) groups is 1. The first kappa shape index (κ1) is 16.2. The van der Waals surface area contributed by atoms with Crippen LogP contribution < -0.4 is 10.1 Å². The van der Waals surface area contributed by atoms with Crippen LogP contribution in [-0.2, 0) is 0 Å². The maximum absolute atomic E-state index is 14.1. The standard InChI is InChI=1S/C18H19FN2O3/c1-10-4-6-12(16(19)20-10)11-5-7-13-14(8-11)24-9-18(2,3)15(13)21-17(22)23/h4-8,15,21H,9H2,1-3H3,(H,22,23). The molecule has 2 aromatic rings. The van der Waals surface area contributed by atoms with Gasteiger partial charge in [0.15, 0.2) is 0 Å². The van der Waals surface area contributed by atoms with Gasteiger partial charge in [0, 0.05) is 22.2 Å². The highest BCUT2D eigenvalue weighted by Gasteiger charge is 2.38. The Morgan fingerprint density at radius 3 is 2.79 bits per heavy atom. The zero-order chi connectivity index (χ0) is 17.5. The quantitative estimate of drug-likeness (QED) is 0.819. The van der Waals surface area contributed by atoms with Crippen molar-refractivity contribution >= 4 is 6.09 Å². The lowest BCUT2D eigenvalue weighted by Crippen LogP contribution is -2.43. The van der Waals surface area contributed by atoms with E-state index in [2.05, 4.69) is 10.3 Å². The average Bonchev–Trinajstić information content (AvgIpc) is 2.50. The molecule has 0 saturated carbocycles. The van der Waals surface area contributed by atoms with Gasteiger partial charge in [-0.05, 0) is 30.7 Å². The first-order valence-electron chi connectivity index (χ1n) is 7.68. The van der Waals surface area contributed by atoms with E-state index in [9.17, 15) is 9.18 Å². The summed E-state index contributed by atoms with van der Waals surface area (Å²) >= 11 is 0. The molecule has 0 saturated heterocycles. The van der Waals surface area contributed by atoms with Crippen molar-refractivity contribution in [2.45, 2.75) is 26.8 Å². The molecular weight excluding hydrogens is 311 g/mol. The molecule has 5 nitrogen and oxygen atoms in total. The SMILES string of the molecule is Cc1ccc(-c2ccc3c(c2)OCC(C)(C)C3NC(=O)O)c(F)n1. The van der Waals surface area contributed by atoms with Gasteiger partial charge in [0.05, 0.1) is 12.6 Å². The normalized spacial score (nSPS) is 18.4. The molecule has 2 N–H and O–H groups in total. The van der Waals surface area contributed by atoms with Crippen molar-refractivity contribution in [2.24, 2.45) is 5.41 Å². The Morgan fingerprint density at radius 1 is 1.38 bits per heavy atom. The lowest BCUT2D eigenvalue weighted by molar-refractivity contribution is 0.0996. The van der Waals surface area contributed by atoms with Gasteiger partial charge in [-0.2, -0.15) is 4.39 Å². The van der Waals surface area contributed by atoms with Crippen molar-refractivity contribution in [2.75, 3.05) is 6.61 Å². The lowest BCUT2D eigenvalue weighted by Gasteiger charge is -2.39. The molecule has 0 aliphatic carbocycles. The van der Waals surface area contributed by atoms with Gasteiger partial charge < -0.3 is 15.2 Å². The highest BCUT2D eigenvalue weighted by molar-refractivity contribution is 5.69. The number of aromatic nitrogens is 1. The van der Waals surface area contributed by atoms with E-state index in [-0.39, 0.29) is 5.41 Å². The van der Waals surface area contributed by atoms with Gasteiger partial charge in [-0.15, -0.1) is 0 Å². The number of benzene rings is 1. The number of ether oxygens (including phenoxy) is 1. The molecule has 6 heteroatoms. The molecule has 0 spiro atoms. The number of nitrogens with one attached hydrogen (secondary N) is 1. The minimum atomic E-state index is -1.08. The number of nitrogens with zero attached hydrogens (tertiary/aromatic N) is 1. The van der Waals surface area contributed by atoms with E-state index in [0.29, 0.717) is 29.2 Å². The minimum Gasteiger partial charge on any atom is -0.493 e. The van der Waals surface area contributed by atoms with Crippen LogP contribution in [0.5, 0.6) is 5.75 Å². The molecule has 1 atom stereocenters. The average molecular weight is 330 g/mol. The number of carboxylic acid groups (broad SMARTS) is 1. The molecule has 0 bridgehead atoms. The van der Waals surface area contributed by atoms with E-state index in [4.69, 9.17) is 9.84 Å². The summed E-state index contributed by atoms with van der Waals surface area (Å²) in [5.74, 6) is 0.0249. The summed E-state index contributed by atoms with van der Waals surface area (Å²) in [7, 11) is 0. The molecule has 2 heterocycles. The fraction of sp³-hybridized carbons (Fsp3) is 0.333. The van der Waals surface area contributed by atoms with Gasteiger partial charge in [0.1, 0.15) is 5.75 Å². The molecule has 1 unspecified atom stereocenters. The lowest BCUT2D eigenvalue weighted by atomic mass is 9.78. The Balaban J connectivity index is 2.04. The van der Waals surface area contributed by atoms with Crippen molar-refractivity contribution < 1.29 is 19.0 Å². The zero-order valence-electron chi connectivity index (χ0n) is 13.8. The van der Waals surface area contributed by atoms with Gasteiger partial charge in [0.25, 0.3) is 0 Å². The van der Waals surface area contributed by atoms with E-state index >= 15 is 0 Å². The van der Waals surface area contributed by atoms with Crippen molar-refractivity contribution in [1.82, 2.24) is 10.3 Å². The zero-order valence-corrected chi connectivity index (χ0v) is 13.8. The molecule has 24 heavy (non-hydrogen) atoms. The summed E-state index contributed by atoms with van der Waals surface area (Å²) in [6.07, 6.45) is -1.08. The number of hydrogen-bond donors (Lipinski definition) is 2. The highest BCUT2D eigenvalue weighted by atomic mass is 19.1. The fourth-order valence-corrected chi connectivity index (χ4v) is 2.97. The largest absolute Gasteiger partial charge is 0.493 e. The van der Waals surface area contributed by atoms with Gasteiger partial charge in [-0.25, -0.2) is 9.78 Å². The summed E-state index contributed by atoms with van der Waals surface area (Å²) in [5.41, 5.74) is 2.01. The van der Waals surface area contributed by atoms with Crippen LogP contribution in [0.1, 0.15) is 31.1 Å². The van der Waals surface area contributed by atoms with Crippen LogP contribution >= 0.6 is 0 Å². The molecule has 1 aliphatic rings. The van der Waals surface area contributed by atoms with Crippen molar-refractivity contribution in [3.05, 3.63) is 47.5 Å². The summed E-state index contributed by atoms with van der Waals surface area (Å²) in [5, 5.41) is 11.7. The first-order valence-corrected chi connectivity index (χ1v) is 7.68. The number of pyridine rings is 1. The summed E-state index contributed by atoms with van der Waals surface area (Å²) in [6, 6.07) is 8.31. The number of amides is 1. The second kappa shape index (κ2) is 5.78. The van der Waals surface area contributed by atoms with Crippen molar-refractivity contribution in [3.63, 3.8) is 0 Å². The van der Waals surface area contributed by atoms with Crippen molar-refractivity contribution in [3.8, 4) is 16.9 Å². The maximum Gasteiger partial charge on any atom is 0.405 e. The highest BCUT2D eigenvalue weighted by Crippen LogP contribution is 2.44. The molecule has 1 aromatic heterocycles. The van der Waals surface area contributed by atoms with Crippen LogP contribution in [0.2, 0.25) is 0 Å². The van der Waals surface area contributed by atoms with E-state index < -0.39 is 18.1 Å². The Bertz CT molecular complexity index is 805. The fourth-order valence-electron chi connectivity index (χ4n) is 2.97. The minimum absolute atomic E-state index is 0.364. The molecule has 1 aliphatic heterocycles. The topological polar surface area (TPSA) is 71.5 Å². The van der Waals surface area contributed by atoms with Crippen LogP contribution in [0.3, 0.4) is 0 Å². The predicted octanol–water partition coefficient (Wildman–Crippen LogP) is 3.92. The number of rotatable bonds is 2. The second-order valence-electron chi connectivity index (χ2n) is 6.70. The van der Waals surface area contributed by atoms with Crippen LogP contribution in [0.15, 0.2) is 30.3 Å². The maximum atomic E-state index is 14.1. The van der Waals surface area contributed by atoms with Crippen LogP contribution in [-0.4, -0.2) is 22.8 Å². The molecule has 1 amide bonds. The molecule has 0 radical (unpaired) electrons. The Kier molecular flexibility index (Phi) is 3.91. The number of aryl methyl sites for hydroxylation is 1. The summed E-state index contributed by atoms with van der Waals surface area (Å²) in [4.78, 5) is 15.0. The smallest absolute Gasteiger partial charge is 0.405 e. The monoisotopic (exact) mass is 330 g/mol. The van der Waals surface area contributed by atoms with Crippen LogP contribution in [0.4, 0.5) is 9.18 Å². The second-order valence-corrected chi connectivity index (χ2v) is 6.70. The molecule has 1 aromatic carbocycles. The van der Waals surface area contributed by atoms with Crippen LogP contribution in [0, 0.1) is 18.3 Å². The number of hydrogen-bond acceptors (Lipinski definition) is 3.